The van der Waals surface area contributed by atoms with Gasteiger partial charge in [-0.05, 0) is 12.1 Å². The SMILES string of the molecule is CCNS(=O)(=O)c1ccccc1-n1cc(C#N)c(N)c1C(=O)OC. The van der Waals surface area contributed by atoms with Crippen molar-refractivity contribution in [3.05, 3.63) is 41.7 Å². The Morgan fingerprint density at radius 3 is 2.67 bits per heavy atom. The van der Waals surface area contributed by atoms with Gasteiger partial charge in [0.05, 0.1) is 24.0 Å². The van der Waals surface area contributed by atoms with E-state index in [1.54, 1.807) is 19.1 Å². The minimum absolute atomic E-state index is 0.0449. The highest BCUT2D eigenvalue weighted by molar-refractivity contribution is 7.89. The van der Waals surface area contributed by atoms with Gasteiger partial charge in [0.25, 0.3) is 0 Å². The van der Waals surface area contributed by atoms with E-state index in [1.165, 1.54) is 30.0 Å². The first-order valence-corrected chi connectivity index (χ1v) is 8.44. The van der Waals surface area contributed by atoms with Gasteiger partial charge >= 0.3 is 5.97 Å². The lowest BCUT2D eigenvalue weighted by molar-refractivity contribution is 0.0593. The molecule has 8 nitrogen and oxygen atoms in total. The van der Waals surface area contributed by atoms with E-state index in [1.807, 2.05) is 6.07 Å². The molecule has 0 aliphatic heterocycles. The van der Waals surface area contributed by atoms with Crippen LogP contribution in [0.4, 0.5) is 5.69 Å². The molecule has 0 radical (unpaired) electrons. The van der Waals surface area contributed by atoms with Crippen LogP contribution in [0.3, 0.4) is 0 Å². The summed E-state index contributed by atoms with van der Waals surface area (Å²) in [7, 11) is -2.62. The maximum Gasteiger partial charge on any atom is 0.357 e. The highest BCUT2D eigenvalue weighted by atomic mass is 32.2. The number of carbonyl (C=O) groups excluding carboxylic acids is 1. The maximum atomic E-state index is 12.4. The molecular formula is C15H16N4O4S. The van der Waals surface area contributed by atoms with Crippen LogP contribution in [-0.2, 0) is 14.8 Å². The van der Waals surface area contributed by atoms with E-state index in [9.17, 15) is 13.2 Å². The van der Waals surface area contributed by atoms with Crippen LogP contribution in [0.15, 0.2) is 35.4 Å². The molecule has 1 heterocycles. The Kier molecular flexibility index (Phi) is 4.92. The highest BCUT2D eigenvalue weighted by Gasteiger charge is 2.25. The van der Waals surface area contributed by atoms with Gasteiger partial charge in [0.1, 0.15) is 11.0 Å². The average molecular weight is 348 g/mol. The van der Waals surface area contributed by atoms with Crippen molar-refractivity contribution in [2.45, 2.75) is 11.8 Å². The summed E-state index contributed by atoms with van der Waals surface area (Å²) >= 11 is 0. The molecule has 0 saturated heterocycles. The van der Waals surface area contributed by atoms with E-state index in [2.05, 4.69) is 4.72 Å². The van der Waals surface area contributed by atoms with Gasteiger partial charge in [-0.1, -0.05) is 19.1 Å². The van der Waals surface area contributed by atoms with Gasteiger partial charge in [-0.25, -0.2) is 17.9 Å². The second-order valence-corrected chi connectivity index (χ2v) is 6.48. The van der Waals surface area contributed by atoms with Crippen LogP contribution >= 0.6 is 0 Å². The fraction of sp³-hybridized carbons (Fsp3) is 0.200. The summed E-state index contributed by atoms with van der Waals surface area (Å²) in [6, 6.07) is 7.95. The van der Waals surface area contributed by atoms with Gasteiger partial charge in [-0.3, -0.25) is 0 Å². The van der Waals surface area contributed by atoms with Crippen molar-refractivity contribution < 1.29 is 17.9 Å². The van der Waals surface area contributed by atoms with Crippen molar-refractivity contribution in [1.82, 2.24) is 9.29 Å². The Hall–Kier alpha value is -2.83. The molecule has 1 aromatic carbocycles. The summed E-state index contributed by atoms with van der Waals surface area (Å²) in [5.74, 6) is -0.773. The largest absolute Gasteiger partial charge is 0.464 e. The summed E-state index contributed by atoms with van der Waals surface area (Å²) in [6.07, 6.45) is 1.31. The molecule has 0 amide bonds. The molecule has 0 atom stereocenters. The normalized spacial score (nSPS) is 11.0. The standard InChI is InChI=1S/C15H16N4O4S/c1-3-18-24(21,22)12-7-5-4-6-11(12)19-9-10(8-16)13(17)14(19)15(20)23-2/h4-7,9,18H,3,17H2,1-2H3. The van der Waals surface area contributed by atoms with Crippen LogP contribution in [0, 0.1) is 11.3 Å². The molecule has 0 bridgehead atoms. The molecule has 0 fully saturated rings. The van der Waals surface area contributed by atoms with Crippen molar-refractivity contribution in [2.24, 2.45) is 0 Å². The monoisotopic (exact) mass is 348 g/mol. The van der Waals surface area contributed by atoms with Crippen molar-refractivity contribution in [1.29, 1.82) is 5.26 Å². The minimum atomic E-state index is -3.80. The van der Waals surface area contributed by atoms with Gasteiger partial charge in [-0.15, -0.1) is 0 Å². The Morgan fingerprint density at radius 2 is 2.08 bits per heavy atom. The number of nitrogens with two attached hydrogens (primary N) is 1. The number of hydrogen-bond acceptors (Lipinski definition) is 6. The van der Waals surface area contributed by atoms with Crippen molar-refractivity contribution in [3.8, 4) is 11.8 Å². The molecule has 0 saturated carbocycles. The zero-order valence-corrected chi connectivity index (χ0v) is 13.9. The Balaban J connectivity index is 2.80. The van der Waals surface area contributed by atoms with Gasteiger partial charge in [0, 0.05) is 12.7 Å². The van der Waals surface area contributed by atoms with E-state index < -0.39 is 16.0 Å². The van der Waals surface area contributed by atoms with Crippen LogP contribution in [-0.4, -0.2) is 32.6 Å². The highest BCUT2D eigenvalue weighted by Crippen LogP contribution is 2.28. The lowest BCUT2D eigenvalue weighted by atomic mass is 10.2. The number of benzene rings is 1. The zero-order valence-electron chi connectivity index (χ0n) is 13.1. The van der Waals surface area contributed by atoms with Gasteiger partial charge < -0.3 is 15.0 Å². The molecule has 126 valence electrons. The molecule has 0 aliphatic carbocycles. The number of aromatic nitrogens is 1. The molecule has 0 spiro atoms. The molecular weight excluding hydrogens is 332 g/mol. The van der Waals surface area contributed by atoms with Crippen molar-refractivity contribution in [3.63, 3.8) is 0 Å². The van der Waals surface area contributed by atoms with Gasteiger partial charge in [0.15, 0.2) is 5.69 Å². The molecule has 2 aromatic rings. The van der Waals surface area contributed by atoms with Crippen LogP contribution in [0.5, 0.6) is 0 Å². The van der Waals surface area contributed by atoms with Gasteiger partial charge in [0.2, 0.25) is 10.0 Å². The topological polar surface area (TPSA) is 127 Å². The number of rotatable bonds is 5. The summed E-state index contributed by atoms with van der Waals surface area (Å²) in [5, 5.41) is 9.14. The number of methoxy groups -OCH3 is 1. The number of sulfonamides is 1. The molecule has 24 heavy (non-hydrogen) atoms. The first kappa shape index (κ1) is 17.5. The Morgan fingerprint density at radius 1 is 1.42 bits per heavy atom. The number of nitrogens with one attached hydrogen (secondary N) is 1. The number of para-hydroxylation sites is 1. The lowest BCUT2D eigenvalue weighted by Crippen LogP contribution is -2.25. The summed E-state index contributed by atoms with van der Waals surface area (Å²) in [6.45, 7) is 1.86. The van der Waals surface area contributed by atoms with Crippen LogP contribution in [0.2, 0.25) is 0 Å². The third-order valence-electron chi connectivity index (χ3n) is 3.29. The Labute approximate surface area is 139 Å². The van der Waals surface area contributed by atoms with Crippen LogP contribution < -0.4 is 10.5 Å². The fourth-order valence-electron chi connectivity index (χ4n) is 2.26. The van der Waals surface area contributed by atoms with E-state index in [4.69, 9.17) is 15.7 Å². The zero-order chi connectivity index (χ0) is 17.9. The summed E-state index contributed by atoms with van der Waals surface area (Å²) in [5.41, 5.74) is 5.90. The molecule has 3 N–H and O–H groups in total. The summed E-state index contributed by atoms with van der Waals surface area (Å²) in [4.78, 5) is 12.0. The lowest BCUT2D eigenvalue weighted by Gasteiger charge is -2.13. The molecule has 0 unspecified atom stereocenters. The quantitative estimate of drug-likeness (QED) is 0.777. The van der Waals surface area contributed by atoms with Gasteiger partial charge in [-0.2, -0.15) is 5.26 Å². The summed E-state index contributed by atoms with van der Waals surface area (Å²) < 4.78 is 33.1. The number of nitriles is 1. The van der Waals surface area contributed by atoms with Crippen molar-refractivity contribution in [2.75, 3.05) is 19.4 Å². The first-order valence-electron chi connectivity index (χ1n) is 6.95. The number of anilines is 1. The fourth-order valence-corrected chi connectivity index (χ4v) is 3.49. The number of nitrogen functional groups attached to an aromatic ring is 1. The predicted molar refractivity (Wildman–Crippen MR) is 87.1 cm³/mol. The number of carbonyl (C=O) groups is 1. The predicted octanol–water partition coefficient (Wildman–Crippen LogP) is 1.02. The van der Waals surface area contributed by atoms with E-state index in [-0.39, 0.29) is 34.1 Å². The van der Waals surface area contributed by atoms with Crippen LogP contribution in [0.25, 0.3) is 5.69 Å². The number of nitrogens with zero attached hydrogens (tertiary/aromatic N) is 2. The average Bonchev–Trinajstić information content (AvgIpc) is 2.90. The van der Waals surface area contributed by atoms with Crippen molar-refractivity contribution >= 4 is 21.7 Å². The second kappa shape index (κ2) is 6.74. The maximum absolute atomic E-state index is 12.4. The number of hydrogen-bond donors (Lipinski definition) is 2. The third-order valence-corrected chi connectivity index (χ3v) is 4.89. The number of esters is 1. The van der Waals surface area contributed by atoms with Crippen LogP contribution in [0.1, 0.15) is 23.0 Å². The molecule has 0 aliphatic rings. The van der Waals surface area contributed by atoms with E-state index in [0.29, 0.717) is 0 Å². The second-order valence-electron chi connectivity index (χ2n) is 4.75. The molecule has 2 rings (SSSR count). The van der Waals surface area contributed by atoms with E-state index >= 15 is 0 Å². The molecule has 1 aromatic heterocycles. The third kappa shape index (κ3) is 2.97. The Bertz CT molecular complexity index is 925. The molecule has 9 heteroatoms. The number of ether oxygens (including phenoxy) is 1. The first-order chi connectivity index (χ1) is 11.4. The minimum Gasteiger partial charge on any atom is -0.464 e. The van der Waals surface area contributed by atoms with E-state index in [0.717, 1.165) is 0 Å². The smallest absolute Gasteiger partial charge is 0.357 e.